The molecule has 0 bridgehead atoms. The Hall–Kier alpha value is -3.36. The van der Waals surface area contributed by atoms with Crippen molar-refractivity contribution in [2.45, 2.75) is 25.3 Å². The zero-order valence-electron chi connectivity index (χ0n) is 17.8. The molecule has 0 fully saturated rings. The summed E-state index contributed by atoms with van der Waals surface area (Å²) in [4.78, 5) is 12.8. The van der Waals surface area contributed by atoms with Gasteiger partial charge in [0.25, 0.3) is 5.91 Å². The minimum Gasteiger partial charge on any atom is -0.486 e. The van der Waals surface area contributed by atoms with Gasteiger partial charge in [-0.15, -0.1) is 0 Å². The predicted octanol–water partition coefficient (Wildman–Crippen LogP) is 3.81. The molecule has 0 saturated carbocycles. The summed E-state index contributed by atoms with van der Waals surface area (Å²) in [5.41, 5.74) is 3.37. The maximum Gasteiger partial charge on any atom is 0.255 e. The first-order valence-electron chi connectivity index (χ1n) is 10.2. The molecule has 0 aromatic heterocycles. The Balaban J connectivity index is 1.39. The van der Waals surface area contributed by atoms with Crippen molar-refractivity contribution in [3.63, 3.8) is 0 Å². The van der Waals surface area contributed by atoms with Crippen LogP contribution in [0.4, 0.5) is 5.69 Å². The Morgan fingerprint density at radius 2 is 1.62 bits per heavy atom. The van der Waals surface area contributed by atoms with Crippen LogP contribution in [0, 0.1) is 13.8 Å². The number of fused-ring (bicyclic) bond motifs is 1. The van der Waals surface area contributed by atoms with Crippen molar-refractivity contribution in [2.24, 2.45) is 0 Å². The van der Waals surface area contributed by atoms with Crippen LogP contribution in [-0.2, 0) is 16.6 Å². The van der Waals surface area contributed by atoms with Crippen molar-refractivity contribution in [1.29, 1.82) is 0 Å². The first-order valence-corrected chi connectivity index (χ1v) is 11.7. The summed E-state index contributed by atoms with van der Waals surface area (Å²) in [7, 11) is -3.64. The van der Waals surface area contributed by atoms with Gasteiger partial charge in [0, 0.05) is 23.9 Å². The minimum absolute atomic E-state index is 0.125. The second kappa shape index (κ2) is 9.02. The van der Waals surface area contributed by atoms with Gasteiger partial charge in [-0.2, -0.15) is 0 Å². The number of ether oxygens (including phenoxy) is 2. The van der Waals surface area contributed by atoms with Crippen LogP contribution >= 0.6 is 0 Å². The number of rotatable bonds is 6. The largest absolute Gasteiger partial charge is 0.486 e. The zero-order chi connectivity index (χ0) is 22.7. The molecule has 1 aliphatic rings. The van der Waals surface area contributed by atoms with E-state index in [1.807, 2.05) is 13.0 Å². The third kappa shape index (κ3) is 4.92. The molecule has 1 aliphatic heterocycles. The molecule has 0 unspecified atom stereocenters. The van der Waals surface area contributed by atoms with Crippen LogP contribution in [0.15, 0.2) is 65.6 Å². The van der Waals surface area contributed by atoms with Crippen molar-refractivity contribution in [3.05, 3.63) is 82.9 Å². The highest BCUT2D eigenvalue weighted by atomic mass is 32.2. The maximum absolute atomic E-state index is 12.7. The van der Waals surface area contributed by atoms with Crippen LogP contribution in [0.2, 0.25) is 0 Å². The lowest BCUT2D eigenvalue weighted by Gasteiger charge is -2.19. The molecule has 3 aromatic carbocycles. The Morgan fingerprint density at radius 3 is 2.38 bits per heavy atom. The van der Waals surface area contributed by atoms with Gasteiger partial charge in [-0.1, -0.05) is 24.3 Å². The first-order chi connectivity index (χ1) is 15.3. The normalized spacial score (nSPS) is 12.9. The number of sulfonamides is 1. The minimum atomic E-state index is -3.64. The number of amides is 1. The quantitative estimate of drug-likeness (QED) is 0.593. The average Bonchev–Trinajstić information content (AvgIpc) is 2.79. The third-order valence-electron chi connectivity index (χ3n) is 5.12. The highest BCUT2D eigenvalue weighted by Gasteiger charge is 2.17. The second-order valence-corrected chi connectivity index (χ2v) is 9.34. The van der Waals surface area contributed by atoms with Crippen LogP contribution in [-0.4, -0.2) is 27.5 Å². The van der Waals surface area contributed by atoms with E-state index in [0.717, 1.165) is 11.1 Å². The van der Waals surface area contributed by atoms with Gasteiger partial charge >= 0.3 is 0 Å². The zero-order valence-corrected chi connectivity index (χ0v) is 18.7. The molecule has 0 spiro atoms. The lowest BCUT2D eigenvalue weighted by atomic mass is 10.1. The van der Waals surface area contributed by atoms with E-state index in [9.17, 15) is 13.2 Å². The van der Waals surface area contributed by atoms with Crippen molar-refractivity contribution in [3.8, 4) is 11.5 Å². The van der Waals surface area contributed by atoms with E-state index in [2.05, 4.69) is 10.0 Å². The number of carbonyl (C=O) groups is 1. The van der Waals surface area contributed by atoms with Gasteiger partial charge in [-0.25, -0.2) is 13.1 Å². The lowest BCUT2D eigenvalue weighted by Crippen LogP contribution is -2.24. The second-order valence-electron chi connectivity index (χ2n) is 7.60. The third-order valence-corrected chi connectivity index (χ3v) is 6.66. The van der Waals surface area contributed by atoms with Gasteiger partial charge in [0.05, 0.1) is 4.90 Å². The molecule has 7 nitrogen and oxygen atoms in total. The van der Waals surface area contributed by atoms with Crippen LogP contribution in [0.3, 0.4) is 0 Å². The molecule has 32 heavy (non-hydrogen) atoms. The van der Waals surface area contributed by atoms with Crippen LogP contribution in [0.5, 0.6) is 11.5 Å². The number of anilines is 1. The Morgan fingerprint density at radius 1 is 0.906 bits per heavy atom. The SMILES string of the molecule is Cc1ccc(C)c(S(=O)(=O)NCc2ccc(C(=O)Nc3ccc4c(c3)OCCO4)cc2)c1. The summed E-state index contributed by atoms with van der Waals surface area (Å²) in [6.45, 7) is 4.72. The monoisotopic (exact) mass is 452 g/mol. The fraction of sp³-hybridized carbons (Fsp3) is 0.208. The molecule has 1 heterocycles. The molecule has 166 valence electrons. The molecule has 4 rings (SSSR count). The molecule has 2 N–H and O–H groups in total. The van der Waals surface area contributed by atoms with Crippen LogP contribution in [0.1, 0.15) is 27.0 Å². The molecular formula is C24H24N2O5S. The number of aryl methyl sites for hydroxylation is 2. The van der Waals surface area contributed by atoms with Crippen molar-refractivity contribution in [2.75, 3.05) is 18.5 Å². The van der Waals surface area contributed by atoms with E-state index < -0.39 is 10.0 Å². The van der Waals surface area contributed by atoms with Gasteiger partial charge in [0.15, 0.2) is 11.5 Å². The van der Waals surface area contributed by atoms with Gasteiger partial charge < -0.3 is 14.8 Å². The summed E-state index contributed by atoms with van der Waals surface area (Å²) in [6, 6.07) is 17.3. The summed E-state index contributed by atoms with van der Waals surface area (Å²) < 4.78 is 39.0. The van der Waals surface area contributed by atoms with E-state index in [4.69, 9.17) is 9.47 Å². The summed E-state index contributed by atoms with van der Waals surface area (Å²) in [5, 5.41) is 2.83. The summed E-state index contributed by atoms with van der Waals surface area (Å²) >= 11 is 0. The van der Waals surface area contributed by atoms with Crippen molar-refractivity contribution in [1.82, 2.24) is 4.72 Å². The Labute approximate surface area is 187 Å². The van der Waals surface area contributed by atoms with Crippen LogP contribution in [0.25, 0.3) is 0 Å². The predicted molar refractivity (Wildman–Crippen MR) is 122 cm³/mol. The number of hydrogen-bond acceptors (Lipinski definition) is 5. The highest BCUT2D eigenvalue weighted by Crippen LogP contribution is 2.32. The number of nitrogens with one attached hydrogen (secondary N) is 2. The van der Waals surface area contributed by atoms with Gasteiger partial charge in [0.2, 0.25) is 10.0 Å². The van der Waals surface area contributed by atoms with Crippen molar-refractivity contribution < 1.29 is 22.7 Å². The molecule has 0 atom stereocenters. The van der Waals surface area contributed by atoms with Gasteiger partial charge in [-0.05, 0) is 60.9 Å². The highest BCUT2D eigenvalue weighted by molar-refractivity contribution is 7.89. The standard InChI is InChI=1S/C24H24N2O5S/c1-16-3-4-17(2)23(13-16)32(28,29)25-15-18-5-7-19(8-6-18)24(27)26-20-9-10-21-22(14-20)31-12-11-30-21/h3-10,13-14,25H,11-12,15H2,1-2H3,(H,26,27). The maximum atomic E-state index is 12.7. The molecule has 0 saturated heterocycles. The molecule has 0 aliphatic carbocycles. The van der Waals surface area contributed by atoms with Gasteiger partial charge in [-0.3, -0.25) is 4.79 Å². The Bertz CT molecular complexity index is 1250. The first kappa shape index (κ1) is 21.9. The molecule has 0 radical (unpaired) electrons. The molecular weight excluding hydrogens is 428 g/mol. The Kier molecular flexibility index (Phi) is 6.16. The van der Waals surface area contributed by atoms with E-state index in [1.54, 1.807) is 61.5 Å². The van der Waals surface area contributed by atoms with Crippen LogP contribution < -0.4 is 19.5 Å². The lowest BCUT2D eigenvalue weighted by molar-refractivity contribution is 0.102. The molecule has 3 aromatic rings. The van der Waals surface area contributed by atoms with E-state index in [1.165, 1.54) is 0 Å². The fourth-order valence-corrected chi connectivity index (χ4v) is 4.70. The van der Waals surface area contributed by atoms with Crippen molar-refractivity contribution >= 4 is 21.6 Å². The number of carbonyl (C=O) groups excluding carboxylic acids is 1. The average molecular weight is 453 g/mol. The van der Waals surface area contributed by atoms with E-state index in [-0.39, 0.29) is 17.3 Å². The van der Waals surface area contributed by atoms with Gasteiger partial charge in [0.1, 0.15) is 13.2 Å². The van der Waals surface area contributed by atoms with E-state index in [0.29, 0.717) is 41.5 Å². The topological polar surface area (TPSA) is 93.7 Å². The van der Waals surface area contributed by atoms with E-state index >= 15 is 0 Å². The number of hydrogen-bond donors (Lipinski definition) is 2. The number of benzene rings is 3. The molecule has 8 heteroatoms. The molecule has 1 amide bonds. The summed E-state index contributed by atoms with van der Waals surface area (Å²) in [5.74, 6) is 0.978. The fourth-order valence-electron chi connectivity index (χ4n) is 3.35. The summed E-state index contributed by atoms with van der Waals surface area (Å²) in [6.07, 6.45) is 0. The smallest absolute Gasteiger partial charge is 0.255 e.